The molecule has 1 aliphatic rings. The summed E-state index contributed by atoms with van der Waals surface area (Å²) >= 11 is 3.58. The molecular formula is C20H22N2OS2. The first kappa shape index (κ1) is 16.7. The van der Waals surface area contributed by atoms with E-state index in [2.05, 4.69) is 40.4 Å². The van der Waals surface area contributed by atoms with Gasteiger partial charge in [0.05, 0.1) is 21.3 Å². The Morgan fingerprint density at radius 2 is 2.20 bits per heavy atom. The summed E-state index contributed by atoms with van der Waals surface area (Å²) in [5.74, 6) is 0.296. The van der Waals surface area contributed by atoms with Gasteiger partial charge in [0.2, 0.25) is 5.91 Å². The Morgan fingerprint density at radius 1 is 1.32 bits per heavy atom. The van der Waals surface area contributed by atoms with E-state index in [1.165, 1.54) is 15.1 Å². The van der Waals surface area contributed by atoms with Crippen molar-refractivity contribution in [3.05, 3.63) is 51.2 Å². The van der Waals surface area contributed by atoms with E-state index in [1.54, 1.807) is 11.3 Å². The molecule has 5 heteroatoms. The molecule has 3 nitrogen and oxygen atoms in total. The molecule has 0 bridgehead atoms. The summed E-state index contributed by atoms with van der Waals surface area (Å²) in [6.45, 7) is 3.05. The molecule has 1 aromatic carbocycles. The van der Waals surface area contributed by atoms with E-state index in [-0.39, 0.29) is 6.04 Å². The van der Waals surface area contributed by atoms with Gasteiger partial charge in [-0.1, -0.05) is 19.1 Å². The van der Waals surface area contributed by atoms with Gasteiger partial charge >= 0.3 is 0 Å². The van der Waals surface area contributed by atoms with Gasteiger partial charge in [0.15, 0.2) is 0 Å². The van der Waals surface area contributed by atoms with E-state index in [4.69, 9.17) is 0 Å². The lowest BCUT2D eigenvalue weighted by atomic mass is 9.97. The van der Waals surface area contributed by atoms with Gasteiger partial charge in [-0.15, -0.1) is 22.7 Å². The van der Waals surface area contributed by atoms with Crippen molar-refractivity contribution in [1.29, 1.82) is 0 Å². The van der Waals surface area contributed by atoms with E-state index in [0.717, 1.165) is 42.8 Å². The average molecular weight is 371 g/mol. The largest absolute Gasteiger partial charge is 0.335 e. The van der Waals surface area contributed by atoms with E-state index < -0.39 is 0 Å². The topological polar surface area (TPSA) is 33.2 Å². The SMILES string of the molecule is CCC1c2ccsc2CCN1C(=O)CCCc1nc2ccccc2s1. The fourth-order valence-corrected chi connectivity index (χ4v) is 5.63. The highest BCUT2D eigenvalue weighted by Crippen LogP contribution is 2.35. The van der Waals surface area contributed by atoms with Crippen molar-refractivity contribution < 1.29 is 4.79 Å². The first-order valence-electron chi connectivity index (χ1n) is 8.96. The standard InChI is InChI=1S/C20H22N2OS2/c1-2-16-14-11-13-24-17(14)10-12-22(16)20(23)9-5-8-19-21-15-6-3-4-7-18(15)25-19/h3-4,6-7,11,13,16H,2,5,8-10,12H2,1H3. The van der Waals surface area contributed by atoms with Crippen molar-refractivity contribution in [3.8, 4) is 0 Å². The first-order chi connectivity index (χ1) is 12.3. The predicted octanol–water partition coefficient (Wildman–Crippen LogP) is 5.22. The van der Waals surface area contributed by atoms with Crippen LogP contribution >= 0.6 is 22.7 Å². The molecule has 0 radical (unpaired) electrons. The van der Waals surface area contributed by atoms with Crippen LogP contribution in [0.1, 0.15) is 47.7 Å². The number of rotatable bonds is 5. The quantitative estimate of drug-likeness (QED) is 0.617. The third-order valence-electron chi connectivity index (χ3n) is 4.92. The zero-order chi connectivity index (χ0) is 17.2. The highest BCUT2D eigenvalue weighted by Gasteiger charge is 2.29. The molecule has 0 saturated heterocycles. The second-order valence-corrected chi connectivity index (χ2v) is 8.61. The van der Waals surface area contributed by atoms with Crippen molar-refractivity contribution in [1.82, 2.24) is 9.88 Å². The number of hydrogen-bond donors (Lipinski definition) is 0. The number of thiazole rings is 1. The molecule has 1 amide bonds. The number of nitrogens with zero attached hydrogens (tertiary/aromatic N) is 2. The van der Waals surface area contributed by atoms with Crippen molar-refractivity contribution >= 4 is 38.8 Å². The lowest BCUT2D eigenvalue weighted by Gasteiger charge is -2.35. The molecule has 0 saturated carbocycles. The number of thiophene rings is 1. The van der Waals surface area contributed by atoms with Crippen molar-refractivity contribution in [3.63, 3.8) is 0 Å². The predicted molar refractivity (Wildman–Crippen MR) is 105 cm³/mol. The van der Waals surface area contributed by atoms with Gasteiger partial charge in [0.25, 0.3) is 0 Å². The van der Waals surface area contributed by atoms with Crippen molar-refractivity contribution in [2.75, 3.05) is 6.54 Å². The Morgan fingerprint density at radius 3 is 3.04 bits per heavy atom. The zero-order valence-electron chi connectivity index (χ0n) is 14.4. The summed E-state index contributed by atoms with van der Waals surface area (Å²) in [5.41, 5.74) is 2.44. The van der Waals surface area contributed by atoms with Crippen LogP contribution < -0.4 is 0 Å². The Balaban J connectivity index is 1.37. The highest BCUT2D eigenvalue weighted by atomic mass is 32.1. The van der Waals surface area contributed by atoms with E-state index in [9.17, 15) is 4.79 Å². The Bertz CT molecular complexity index is 850. The molecule has 0 fully saturated rings. The number of carbonyl (C=O) groups excluding carboxylic acids is 1. The number of aromatic nitrogens is 1. The molecule has 0 spiro atoms. The fraction of sp³-hybridized carbons (Fsp3) is 0.400. The van der Waals surface area contributed by atoms with Gasteiger partial charge in [-0.2, -0.15) is 0 Å². The summed E-state index contributed by atoms with van der Waals surface area (Å²) in [5, 5.41) is 3.30. The van der Waals surface area contributed by atoms with Crippen LogP contribution in [0.15, 0.2) is 35.7 Å². The van der Waals surface area contributed by atoms with Gasteiger partial charge in [-0.05, 0) is 54.8 Å². The van der Waals surface area contributed by atoms with Gasteiger partial charge in [-0.25, -0.2) is 4.98 Å². The van der Waals surface area contributed by atoms with Gasteiger partial charge in [-0.3, -0.25) is 4.79 Å². The zero-order valence-corrected chi connectivity index (χ0v) is 16.0. The Labute approximate surface area is 156 Å². The van der Waals surface area contributed by atoms with Crippen LogP contribution in [0, 0.1) is 0 Å². The van der Waals surface area contributed by atoms with Crippen LogP contribution in [0.25, 0.3) is 10.2 Å². The smallest absolute Gasteiger partial charge is 0.223 e. The minimum atomic E-state index is 0.268. The number of benzene rings is 1. The number of amides is 1. The summed E-state index contributed by atoms with van der Waals surface area (Å²) in [6.07, 6.45) is 4.38. The summed E-state index contributed by atoms with van der Waals surface area (Å²) < 4.78 is 1.23. The van der Waals surface area contributed by atoms with Crippen molar-refractivity contribution in [2.45, 2.75) is 45.1 Å². The maximum atomic E-state index is 12.8. The molecule has 0 N–H and O–H groups in total. The second-order valence-electron chi connectivity index (χ2n) is 6.49. The molecule has 3 heterocycles. The lowest BCUT2D eigenvalue weighted by molar-refractivity contribution is -0.134. The van der Waals surface area contributed by atoms with Crippen LogP contribution in [-0.2, 0) is 17.6 Å². The monoisotopic (exact) mass is 370 g/mol. The summed E-state index contributed by atoms with van der Waals surface area (Å²) in [6, 6.07) is 10.7. The normalized spacial score (nSPS) is 17.0. The molecule has 1 atom stereocenters. The highest BCUT2D eigenvalue weighted by molar-refractivity contribution is 7.18. The number of para-hydroxylation sites is 1. The molecule has 1 aliphatic heterocycles. The molecular weight excluding hydrogens is 348 g/mol. The van der Waals surface area contributed by atoms with E-state index in [0.29, 0.717) is 12.3 Å². The molecule has 2 aromatic heterocycles. The van der Waals surface area contributed by atoms with Crippen LogP contribution in [-0.4, -0.2) is 22.3 Å². The van der Waals surface area contributed by atoms with E-state index in [1.807, 2.05) is 23.5 Å². The maximum Gasteiger partial charge on any atom is 0.223 e. The Hall–Kier alpha value is -1.72. The molecule has 4 rings (SSSR count). The number of hydrogen-bond acceptors (Lipinski definition) is 4. The molecule has 3 aromatic rings. The van der Waals surface area contributed by atoms with Gasteiger partial charge < -0.3 is 4.90 Å². The number of carbonyl (C=O) groups is 1. The maximum absolute atomic E-state index is 12.8. The third-order valence-corrected chi connectivity index (χ3v) is 7.01. The Kier molecular flexibility index (Phi) is 4.86. The van der Waals surface area contributed by atoms with Crippen LogP contribution in [0.5, 0.6) is 0 Å². The average Bonchev–Trinajstić information content (AvgIpc) is 3.26. The second kappa shape index (κ2) is 7.26. The molecule has 0 aliphatic carbocycles. The lowest BCUT2D eigenvalue weighted by Crippen LogP contribution is -2.39. The number of fused-ring (bicyclic) bond motifs is 2. The van der Waals surface area contributed by atoms with Crippen LogP contribution in [0.3, 0.4) is 0 Å². The van der Waals surface area contributed by atoms with Gasteiger partial charge in [0, 0.05) is 17.8 Å². The van der Waals surface area contributed by atoms with Crippen LogP contribution in [0.2, 0.25) is 0 Å². The number of aryl methyl sites for hydroxylation is 1. The van der Waals surface area contributed by atoms with Crippen LogP contribution in [0.4, 0.5) is 0 Å². The molecule has 1 unspecified atom stereocenters. The summed E-state index contributed by atoms with van der Waals surface area (Å²) in [4.78, 5) is 21.0. The fourth-order valence-electron chi connectivity index (χ4n) is 3.70. The van der Waals surface area contributed by atoms with Gasteiger partial charge in [0.1, 0.15) is 0 Å². The minimum absolute atomic E-state index is 0.268. The summed E-state index contributed by atoms with van der Waals surface area (Å²) in [7, 11) is 0. The van der Waals surface area contributed by atoms with E-state index >= 15 is 0 Å². The third kappa shape index (κ3) is 3.35. The molecule has 130 valence electrons. The first-order valence-corrected chi connectivity index (χ1v) is 10.7. The van der Waals surface area contributed by atoms with Crippen molar-refractivity contribution in [2.24, 2.45) is 0 Å². The molecule has 25 heavy (non-hydrogen) atoms. The minimum Gasteiger partial charge on any atom is -0.335 e.